The average molecular weight is 768 g/mol. The molecule has 8 rings (SSSR count). The van der Waals surface area contributed by atoms with Crippen molar-refractivity contribution in [2.75, 3.05) is 47.1 Å². The van der Waals surface area contributed by atoms with Crippen LogP contribution in [-0.4, -0.2) is 112 Å². The summed E-state index contributed by atoms with van der Waals surface area (Å²) in [6.07, 6.45) is 7.59. The second-order valence-electron chi connectivity index (χ2n) is 13.3. The molecule has 3 aliphatic heterocycles. The van der Waals surface area contributed by atoms with Crippen LogP contribution in [0.15, 0.2) is 59.3 Å². The number of morpholine rings is 1. The maximum absolute atomic E-state index is 12.8. The Morgan fingerprint density at radius 3 is 2.50 bits per heavy atom. The van der Waals surface area contributed by atoms with Crippen LogP contribution in [0.5, 0.6) is 17.5 Å². The molecule has 0 aliphatic carbocycles. The standard InChI is InChI=1S/C24H29N3O7.C15H12N4O3/c28-20-9-8-19(22(30)25-20)27-23(31)17-7-6-16(15-18(17)24(27)32)34-12-4-2-1-3-5-21(29)26-10-13-33-14-11-26;1-20-14-4-3-13-17-8-10(19(13)18-14)12-7-9-11(22-12)5-6-16-15(9)21-2/h6-7,15,19H,1-5,8-14H2,(H,25,28,30);3-8H,1-2H3. The predicted octanol–water partition coefficient (Wildman–Crippen LogP) is 3.83. The highest BCUT2D eigenvalue weighted by molar-refractivity contribution is 6.23. The van der Waals surface area contributed by atoms with Gasteiger partial charge in [-0.15, -0.1) is 5.10 Å². The molecule has 1 unspecified atom stereocenters. The molecule has 0 spiro atoms. The molecule has 5 aromatic rings. The Morgan fingerprint density at radius 1 is 0.911 bits per heavy atom. The minimum Gasteiger partial charge on any atom is -0.494 e. The van der Waals surface area contributed by atoms with Gasteiger partial charge < -0.3 is 28.3 Å². The lowest BCUT2D eigenvalue weighted by atomic mass is 10.0. The van der Waals surface area contributed by atoms with Gasteiger partial charge in [0.05, 0.1) is 56.8 Å². The quantitative estimate of drug-likeness (QED) is 0.142. The largest absolute Gasteiger partial charge is 0.494 e. The summed E-state index contributed by atoms with van der Waals surface area (Å²) in [5.41, 5.74) is 2.56. The van der Waals surface area contributed by atoms with Crippen molar-refractivity contribution in [1.82, 2.24) is 34.7 Å². The van der Waals surface area contributed by atoms with Gasteiger partial charge in [-0.2, -0.15) is 0 Å². The van der Waals surface area contributed by atoms with Gasteiger partial charge in [-0.1, -0.05) is 12.8 Å². The summed E-state index contributed by atoms with van der Waals surface area (Å²) in [6.45, 7) is 3.02. The first-order chi connectivity index (χ1) is 27.2. The number of carbonyl (C=O) groups excluding carboxylic acids is 5. The number of rotatable bonds is 12. The summed E-state index contributed by atoms with van der Waals surface area (Å²) in [7, 11) is 3.15. The number of hydrogen-bond acceptors (Lipinski definition) is 13. The Kier molecular flexibility index (Phi) is 11.5. The molecule has 7 heterocycles. The third kappa shape index (κ3) is 8.02. The van der Waals surface area contributed by atoms with Gasteiger partial charge in [0.25, 0.3) is 11.8 Å². The Morgan fingerprint density at radius 2 is 1.71 bits per heavy atom. The lowest BCUT2D eigenvalue weighted by Crippen LogP contribution is -2.54. The third-order valence-corrected chi connectivity index (χ3v) is 9.73. The summed E-state index contributed by atoms with van der Waals surface area (Å²) in [5.74, 6) is 0.197. The second-order valence-corrected chi connectivity index (χ2v) is 13.3. The van der Waals surface area contributed by atoms with Crippen molar-refractivity contribution in [3.63, 3.8) is 0 Å². The number of methoxy groups -OCH3 is 2. The Labute approximate surface area is 320 Å². The highest BCUT2D eigenvalue weighted by Crippen LogP contribution is 2.33. The fraction of sp³-hybridized carbons (Fsp3) is 0.385. The molecule has 4 aromatic heterocycles. The number of ether oxygens (including phenoxy) is 4. The molecule has 0 radical (unpaired) electrons. The van der Waals surface area contributed by atoms with Gasteiger partial charge in [0.2, 0.25) is 29.5 Å². The van der Waals surface area contributed by atoms with E-state index in [-0.39, 0.29) is 29.9 Å². The van der Waals surface area contributed by atoms with Crippen LogP contribution in [-0.2, 0) is 19.1 Å². The number of unbranched alkanes of at least 4 members (excludes halogenated alkanes) is 3. The molecule has 1 aromatic carbocycles. The van der Waals surface area contributed by atoms with Gasteiger partial charge in [-0.05, 0) is 49.6 Å². The first-order valence-corrected chi connectivity index (χ1v) is 18.4. The fourth-order valence-corrected chi connectivity index (χ4v) is 6.79. The lowest BCUT2D eigenvalue weighted by Gasteiger charge is -2.27. The average Bonchev–Trinajstić information content (AvgIpc) is 3.91. The molecule has 56 heavy (non-hydrogen) atoms. The number of furan rings is 1. The molecule has 1 atom stereocenters. The number of fused-ring (bicyclic) bond motifs is 3. The molecule has 292 valence electrons. The molecule has 2 fully saturated rings. The zero-order valence-electron chi connectivity index (χ0n) is 31.0. The van der Waals surface area contributed by atoms with Gasteiger partial charge in [0, 0.05) is 44.3 Å². The number of aromatic nitrogens is 4. The second kappa shape index (κ2) is 17.0. The molecule has 17 nitrogen and oxygen atoms in total. The Balaban J connectivity index is 0.000000187. The molecule has 0 saturated carbocycles. The molecule has 5 amide bonds. The summed E-state index contributed by atoms with van der Waals surface area (Å²) in [5, 5.41) is 7.35. The number of piperidine rings is 1. The number of pyridine rings is 1. The van der Waals surface area contributed by atoms with E-state index in [0.717, 1.165) is 41.7 Å². The summed E-state index contributed by atoms with van der Waals surface area (Å²) in [4.78, 5) is 72.5. The molecule has 2 saturated heterocycles. The van der Waals surface area contributed by atoms with Crippen LogP contribution in [0.3, 0.4) is 0 Å². The maximum atomic E-state index is 12.8. The minimum absolute atomic E-state index is 0.0829. The van der Waals surface area contributed by atoms with Gasteiger partial charge in [-0.3, -0.25) is 34.2 Å². The number of nitrogens with zero attached hydrogens (tertiary/aromatic N) is 6. The van der Waals surface area contributed by atoms with Crippen LogP contribution in [0, 0.1) is 0 Å². The SMILES string of the molecule is COc1ccc2ncc(-c3cc4c(OC)nccc4o3)n2n1.O=C1CCC(N2C(=O)c3ccc(OCCCCCCC(=O)N4CCOCC4)cc3C2=O)C(=O)N1. The van der Waals surface area contributed by atoms with E-state index in [9.17, 15) is 24.0 Å². The van der Waals surface area contributed by atoms with E-state index in [2.05, 4.69) is 20.4 Å². The summed E-state index contributed by atoms with van der Waals surface area (Å²) >= 11 is 0. The zero-order valence-corrected chi connectivity index (χ0v) is 31.0. The zero-order chi connectivity index (χ0) is 39.2. The minimum atomic E-state index is -0.982. The van der Waals surface area contributed by atoms with Crippen molar-refractivity contribution >= 4 is 46.2 Å². The number of amides is 5. The van der Waals surface area contributed by atoms with E-state index in [1.807, 2.05) is 17.0 Å². The molecular weight excluding hydrogens is 726 g/mol. The number of benzene rings is 1. The topological polar surface area (TPSA) is 197 Å². The number of imidazole rings is 1. The van der Waals surface area contributed by atoms with E-state index < -0.39 is 29.7 Å². The summed E-state index contributed by atoms with van der Waals surface area (Å²) < 4.78 is 29.0. The van der Waals surface area contributed by atoms with Gasteiger partial charge in [0.15, 0.2) is 11.4 Å². The lowest BCUT2D eigenvalue weighted by molar-refractivity contribution is -0.136. The number of imide groups is 2. The molecule has 17 heteroatoms. The van der Waals surface area contributed by atoms with E-state index in [1.165, 1.54) is 12.1 Å². The summed E-state index contributed by atoms with van der Waals surface area (Å²) in [6, 6.07) is 11.0. The number of hydrogen-bond donors (Lipinski definition) is 1. The smallest absolute Gasteiger partial charge is 0.262 e. The normalized spacial score (nSPS) is 16.8. The molecular formula is C39H41N7O10. The first kappa shape index (κ1) is 37.9. The van der Waals surface area contributed by atoms with Crippen LogP contribution in [0.4, 0.5) is 0 Å². The van der Waals surface area contributed by atoms with Crippen molar-refractivity contribution in [3.8, 4) is 29.0 Å². The molecule has 3 aliphatic rings. The molecule has 1 N–H and O–H groups in total. The van der Waals surface area contributed by atoms with Crippen molar-refractivity contribution in [3.05, 3.63) is 66.0 Å². The predicted molar refractivity (Wildman–Crippen MR) is 198 cm³/mol. The first-order valence-electron chi connectivity index (χ1n) is 18.4. The fourth-order valence-electron chi connectivity index (χ4n) is 6.79. The Hall–Kier alpha value is -6.36. The van der Waals surface area contributed by atoms with Crippen molar-refractivity contribution < 1.29 is 47.3 Å². The van der Waals surface area contributed by atoms with E-state index in [1.54, 1.807) is 49.3 Å². The van der Waals surface area contributed by atoms with Crippen LogP contribution in [0.1, 0.15) is 65.7 Å². The van der Waals surface area contributed by atoms with Gasteiger partial charge in [0.1, 0.15) is 23.1 Å². The number of carbonyl (C=O) groups is 5. The van der Waals surface area contributed by atoms with E-state index in [0.29, 0.717) is 73.8 Å². The van der Waals surface area contributed by atoms with Crippen LogP contribution in [0.25, 0.3) is 28.1 Å². The Bertz CT molecular complexity index is 2280. The van der Waals surface area contributed by atoms with Crippen LogP contribution in [0.2, 0.25) is 0 Å². The van der Waals surface area contributed by atoms with Crippen molar-refractivity contribution in [2.45, 2.75) is 51.0 Å². The highest BCUT2D eigenvalue weighted by Gasteiger charge is 2.44. The highest BCUT2D eigenvalue weighted by atomic mass is 16.5. The molecule has 0 bridgehead atoms. The van der Waals surface area contributed by atoms with Crippen LogP contribution >= 0.6 is 0 Å². The van der Waals surface area contributed by atoms with Crippen LogP contribution < -0.4 is 19.5 Å². The van der Waals surface area contributed by atoms with Crippen molar-refractivity contribution in [2.24, 2.45) is 0 Å². The monoisotopic (exact) mass is 767 g/mol. The maximum Gasteiger partial charge on any atom is 0.262 e. The van der Waals surface area contributed by atoms with E-state index in [4.69, 9.17) is 23.4 Å². The van der Waals surface area contributed by atoms with Crippen molar-refractivity contribution in [1.29, 1.82) is 0 Å². The van der Waals surface area contributed by atoms with Gasteiger partial charge >= 0.3 is 0 Å². The van der Waals surface area contributed by atoms with E-state index >= 15 is 0 Å². The third-order valence-electron chi connectivity index (χ3n) is 9.73. The number of nitrogens with one attached hydrogen (secondary N) is 1. The van der Waals surface area contributed by atoms with Gasteiger partial charge in [-0.25, -0.2) is 14.5 Å².